The van der Waals surface area contributed by atoms with Gasteiger partial charge in [0.1, 0.15) is 22.7 Å². The highest BCUT2D eigenvalue weighted by Gasteiger charge is 2.22. The molecule has 0 radical (unpaired) electrons. The van der Waals surface area contributed by atoms with Crippen molar-refractivity contribution in [2.75, 3.05) is 0 Å². The van der Waals surface area contributed by atoms with Gasteiger partial charge >= 0.3 is 0 Å². The van der Waals surface area contributed by atoms with Gasteiger partial charge < -0.3 is 9.52 Å². The van der Waals surface area contributed by atoms with Crippen LogP contribution in [0.1, 0.15) is 0 Å². The number of aromatic nitrogens is 3. The highest BCUT2D eigenvalue weighted by atomic mass is 16.3. The van der Waals surface area contributed by atoms with Gasteiger partial charge in [0.2, 0.25) is 0 Å². The van der Waals surface area contributed by atoms with Crippen LogP contribution in [0.5, 0.6) is 5.75 Å². The van der Waals surface area contributed by atoms with E-state index in [9.17, 15) is 5.11 Å². The maximum absolute atomic E-state index is 11.0. The minimum Gasteiger partial charge on any atom is -0.507 e. The third kappa shape index (κ3) is 5.26. The quantitative estimate of drug-likeness (QED) is 0.190. The normalized spacial score (nSPS) is 11.5. The molecule has 0 saturated carbocycles. The molecule has 5 heteroatoms. The van der Waals surface area contributed by atoms with Crippen LogP contribution in [-0.4, -0.2) is 19.6 Å². The van der Waals surface area contributed by atoms with E-state index in [1.165, 1.54) is 11.1 Å². The first-order valence-electron chi connectivity index (χ1n) is 17.6. The van der Waals surface area contributed by atoms with Crippen LogP contribution in [-0.2, 0) is 0 Å². The van der Waals surface area contributed by atoms with Crippen LogP contribution in [0.15, 0.2) is 187 Å². The lowest BCUT2D eigenvalue weighted by Gasteiger charge is -2.11. The number of aromatic hydroxyl groups is 1. The van der Waals surface area contributed by atoms with E-state index in [0.717, 1.165) is 72.2 Å². The lowest BCUT2D eigenvalue weighted by atomic mass is 9.95. The highest BCUT2D eigenvalue weighted by Crippen LogP contribution is 2.43. The Morgan fingerprint density at radius 2 is 1.17 bits per heavy atom. The SMILES string of the molecule is Oc1ccccc1-c1nc2c(-c3cc(-c4cc(-c5ccc(-c6ccccc6)cc5)ccn4)cc4c3oc3ccccc34)cccc2n1-c1ccccc1. The Kier molecular flexibility index (Phi) is 7.22. The van der Waals surface area contributed by atoms with Crippen LogP contribution in [0.2, 0.25) is 0 Å². The van der Waals surface area contributed by atoms with Crippen LogP contribution in [0.4, 0.5) is 0 Å². The standard InChI is InChI=1S/C48H31N3O2/c52-44-20-9-7-17-39(44)48-50-46-38(18-11-19-43(46)51(48)36-14-5-2-6-15-36)41-29-35(28-40-37-16-8-10-21-45(37)53-47(40)41)42-30-34(26-27-49-42)33-24-22-32(23-25-33)31-12-3-1-4-13-31/h1-30,52H. The van der Waals surface area contributed by atoms with E-state index >= 15 is 0 Å². The lowest BCUT2D eigenvalue weighted by Crippen LogP contribution is -1.97. The number of phenols is 1. The Hall–Kier alpha value is -7.24. The van der Waals surface area contributed by atoms with Crippen molar-refractivity contribution in [2.24, 2.45) is 0 Å². The molecule has 3 heterocycles. The van der Waals surface area contributed by atoms with Crippen molar-refractivity contribution >= 4 is 33.0 Å². The largest absolute Gasteiger partial charge is 0.507 e. The lowest BCUT2D eigenvalue weighted by molar-refractivity contribution is 0.477. The van der Waals surface area contributed by atoms with Crippen molar-refractivity contribution < 1.29 is 9.52 Å². The summed E-state index contributed by atoms with van der Waals surface area (Å²) in [7, 11) is 0. The molecule has 250 valence electrons. The molecule has 7 aromatic carbocycles. The molecule has 10 aromatic rings. The minimum atomic E-state index is 0.170. The Morgan fingerprint density at radius 1 is 0.491 bits per heavy atom. The smallest absolute Gasteiger partial charge is 0.149 e. The van der Waals surface area contributed by atoms with Gasteiger partial charge in [0.15, 0.2) is 0 Å². The van der Waals surface area contributed by atoms with Gasteiger partial charge in [-0.1, -0.05) is 115 Å². The van der Waals surface area contributed by atoms with E-state index in [1.807, 2.05) is 66.9 Å². The zero-order chi connectivity index (χ0) is 35.3. The molecule has 1 N–H and O–H groups in total. The number of hydrogen-bond donors (Lipinski definition) is 1. The fourth-order valence-corrected chi connectivity index (χ4v) is 7.43. The van der Waals surface area contributed by atoms with E-state index in [1.54, 1.807) is 6.07 Å². The number of rotatable bonds is 6. The first kappa shape index (κ1) is 30.6. The Morgan fingerprint density at radius 3 is 1.98 bits per heavy atom. The second-order valence-corrected chi connectivity index (χ2v) is 13.2. The molecule has 0 amide bonds. The molecule has 3 aromatic heterocycles. The third-order valence-electron chi connectivity index (χ3n) is 9.99. The first-order valence-corrected chi connectivity index (χ1v) is 17.6. The zero-order valence-corrected chi connectivity index (χ0v) is 28.5. The molecular weight excluding hydrogens is 651 g/mol. The van der Waals surface area contributed by atoms with E-state index in [2.05, 4.69) is 114 Å². The van der Waals surface area contributed by atoms with E-state index < -0.39 is 0 Å². The van der Waals surface area contributed by atoms with E-state index in [-0.39, 0.29) is 5.75 Å². The van der Waals surface area contributed by atoms with Gasteiger partial charge in [-0.05, 0) is 82.9 Å². The summed E-state index contributed by atoms with van der Waals surface area (Å²) in [6.07, 6.45) is 1.88. The summed E-state index contributed by atoms with van der Waals surface area (Å²) in [6, 6.07) is 59.6. The summed E-state index contributed by atoms with van der Waals surface area (Å²) in [4.78, 5) is 10.2. The molecule has 0 bridgehead atoms. The molecule has 0 atom stereocenters. The Balaban J connectivity index is 1.18. The molecule has 10 rings (SSSR count). The second-order valence-electron chi connectivity index (χ2n) is 13.2. The average molecular weight is 682 g/mol. The number of pyridine rings is 1. The molecular formula is C48H31N3O2. The summed E-state index contributed by atoms with van der Waals surface area (Å²) in [5.41, 5.74) is 13.2. The molecule has 0 aliphatic heterocycles. The number of benzene rings is 7. The summed E-state index contributed by atoms with van der Waals surface area (Å²) in [5, 5.41) is 13.1. The fourth-order valence-electron chi connectivity index (χ4n) is 7.43. The summed E-state index contributed by atoms with van der Waals surface area (Å²) in [5.74, 6) is 0.824. The van der Waals surface area contributed by atoms with E-state index in [4.69, 9.17) is 14.4 Å². The number of para-hydroxylation sites is 4. The summed E-state index contributed by atoms with van der Waals surface area (Å²) in [6.45, 7) is 0. The van der Waals surface area contributed by atoms with E-state index in [0.29, 0.717) is 11.4 Å². The van der Waals surface area contributed by atoms with Crippen LogP contribution >= 0.6 is 0 Å². The van der Waals surface area contributed by atoms with Gasteiger partial charge in [-0.25, -0.2) is 4.98 Å². The maximum atomic E-state index is 11.0. The third-order valence-corrected chi connectivity index (χ3v) is 9.99. The molecule has 0 spiro atoms. The number of fused-ring (bicyclic) bond motifs is 4. The van der Waals surface area contributed by atoms with Crippen molar-refractivity contribution in [3.05, 3.63) is 182 Å². The van der Waals surface area contributed by atoms with Gasteiger partial charge in [0.05, 0.1) is 22.3 Å². The van der Waals surface area contributed by atoms with Crippen molar-refractivity contribution in [1.29, 1.82) is 0 Å². The number of hydrogen-bond acceptors (Lipinski definition) is 4. The molecule has 0 unspecified atom stereocenters. The second kappa shape index (κ2) is 12.5. The predicted octanol–water partition coefficient (Wildman–Crippen LogP) is 12.4. The number of imidazole rings is 1. The zero-order valence-electron chi connectivity index (χ0n) is 28.5. The van der Waals surface area contributed by atoms with Crippen LogP contribution < -0.4 is 0 Å². The molecule has 5 nitrogen and oxygen atoms in total. The molecule has 0 aliphatic carbocycles. The monoisotopic (exact) mass is 681 g/mol. The summed E-state index contributed by atoms with van der Waals surface area (Å²) < 4.78 is 8.76. The van der Waals surface area contributed by atoms with Gasteiger partial charge in [-0.2, -0.15) is 0 Å². The Bertz CT molecular complexity index is 2940. The maximum Gasteiger partial charge on any atom is 0.149 e. The van der Waals surface area contributed by atoms with Crippen LogP contribution in [0, 0.1) is 0 Å². The number of phenolic OH excluding ortho intramolecular Hbond substituents is 1. The first-order chi connectivity index (χ1) is 26.2. The Labute approximate surface area is 305 Å². The van der Waals surface area contributed by atoms with Crippen molar-refractivity contribution in [1.82, 2.24) is 14.5 Å². The molecule has 0 aliphatic rings. The number of nitrogens with zero attached hydrogens (tertiary/aromatic N) is 3. The van der Waals surface area contributed by atoms with Crippen molar-refractivity contribution in [2.45, 2.75) is 0 Å². The summed E-state index contributed by atoms with van der Waals surface area (Å²) >= 11 is 0. The molecule has 53 heavy (non-hydrogen) atoms. The molecule has 0 saturated heterocycles. The highest BCUT2D eigenvalue weighted by molar-refractivity contribution is 6.13. The fraction of sp³-hybridized carbons (Fsp3) is 0. The van der Waals surface area contributed by atoms with Crippen molar-refractivity contribution in [3.8, 4) is 67.5 Å². The van der Waals surface area contributed by atoms with Gasteiger partial charge in [0, 0.05) is 39.3 Å². The number of furan rings is 1. The van der Waals surface area contributed by atoms with Crippen molar-refractivity contribution in [3.63, 3.8) is 0 Å². The average Bonchev–Trinajstić information content (AvgIpc) is 3.81. The van der Waals surface area contributed by atoms with Crippen LogP contribution in [0.25, 0.3) is 94.7 Å². The molecule has 0 fully saturated rings. The van der Waals surface area contributed by atoms with Gasteiger partial charge in [-0.3, -0.25) is 9.55 Å². The van der Waals surface area contributed by atoms with Gasteiger partial charge in [-0.15, -0.1) is 0 Å². The van der Waals surface area contributed by atoms with Crippen LogP contribution in [0.3, 0.4) is 0 Å². The predicted molar refractivity (Wildman–Crippen MR) is 215 cm³/mol. The minimum absolute atomic E-state index is 0.170. The topological polar surface area (TPSA) is 64.1 Å². The van der Waals surface area contributed by atoms with Gasteiger partial charge in [0.25, 0.3) is 0 Å².